The third-order valence-electron chi connectivity index (χ3n) is 3.94. The van der Waals surface area contributed by atoms with Crippen molar-refractivity contribution in [3.05, 3.63) is 84.2 Å². The first-order valence-corrected chi connectivity index (χ1v) is 14.0. The van der Waals surface area contributed by atoms with Gasteiger partial charge in [0.15, 0.2) is 0 Å². The molecule has 0 aliphatic heterocycles. The Morgan fingerprint density at radius 3 is 2.38 bits per heavy atom. The van der Waals surface area contributed by atoms with E-state index < -0.39 is 51.7 Å². The summed E-state index contributed by atoms with van der Waals surface area (Å²) >= 11 is -5.23. The van der Waals surface area contributed by atoms with Gasteiger partial charge in [-0.2, -0.15) is 46.9 Å². The first-order valence-electron chi connectivity index (χ1n) is 9.32. The monoisotopic (exact) mass is 714 g/mol. The molecule has 1 heterocycles. The van der Waals surface area contributed by atoms with Crippen LogP contribution >= 0.6 is 0 Å². The number of halogens is 7. The van der Waals surface area contributed by atoms with Gasteiger partial charge in [0.2, 0.25) is 5.95 Å². The van der Waals surface area contributed by atoms with Crippen molar-refractivity contribution in [2.45, 2.75) is 20.0 Å². The van der Waals surface area contributed by atoms with Crippen molar-refractivity contribution in [1.82, 2.24) is 9.99 Å². The van der Waals surface area contributed by atoms with Crippen LogP contribution in [-0.4, -0.2) is 21.6 Å². The number of rotatable bonds is 7. The molecule has 2 aromatic rings. The molecule has 0 unspecified atom stereocenters. The van der Waals surface area contributed by atoms with Gasteiger partial charge in [-0.05, 0) is 18.1 Å². The number of carbonyl (C=O) groups is 1. The number of carbonyl (C=O) groups excluding carboxylic acids is 1. The molecular weight excluding hydrogens is 695 g/mol. The predicted molar refractivity (Wildman–Crippen MR) is 108 cm³/mol. The number of alkyl halides is 3. The number of benzene rings is 1. The Morgan fingerprint density at radius 1 is 1.29 bits per heavy atom. The van der Waals surface area contributed by atoms with Gasteiger partial charge < -0.3 is 5.73 Å². The Bertz CT molecular complexity index is 1050. The molecule has 0 saturated heterocycles. The van der Waals surface area contributed by atoms with Gasteiger partial charge in [0, 0.05) is 29.9 Å². The number of nitrogens with two attached hydrogens (primary N) is 1. The molecule has 34 heavy (non-hydrogen) atoms. The second-order valence-electron chi connectivity index (χ2n) is 6.67. The maximum atomic E-state index is 14.0. The van der Waals surface area contributed by atoms with Crippen molar-refractivity contribution in [3.63, 3.8) is 0 Å². The van der Waals surface area contributed by atoms with Crippen molar-refractivity contribution in [2.75, 3.05) is 0 Å². The van der Waals surface area contributed by atoms with Crippen molar-refractivity contribution in [3.8, 4) is 0 Å². The molecular formula is C21H19F7N4OU-. The molecule has 0 atom stereocenters. The molecule has 183 valence electrons. The van der Waals surface area contributed by atoms with E-state index in [-0.39, 0.29) is 28.3 Å². The summed E-state index contributed by atoms with van der Waals surface area (Å²) in [5, 5.41) is 5.37. The van der Waals surface area contributed by atoms with E-state index >= 15 is 0 Å². The van der Waals surface area contributed by atoms with Crippen LogP contribution in [0.2, 0.25) is 0 Å². The summed E-state index contributed by atoms with van der Waals surface area (Å²) in [6.45, 7) is 7.05. The quantitative estimate of drug-likeness (QED) is 0.101. The molecule has 5 nitrogen and oxygen atoms in total. The molecule has 1 amide bonds. The van der Waals surface area contributed by atoms with E-state index in [9.17, 15) is 28.7 Å². The third kappa shape index (κ3) is 9.31. The Morgan fingerprint density at radius 2 is 1.91 bits per heavy atom. The zero-order valence-corrected chi connectivity index (χ0v) is 22.0. The van der Waals surface area contributed by atoms with Gasteiger partial charge in [-0.3, -0.25) is 4.79 Å². The summed E-state index contributed by atoms with van der Waals surface area (Å²) in [7, 11) is 0. The number of hydrogen-bond donors (Lipinski definition) is 1. The predicted octanol–water partition coefficient (Wildman–Crippen LogP) is 5.63. The number of amides is 1. The normalized spacial score (nSPS) is 12.1. The molecule has 0 radical (unpaired) electrons. The second-order valence-corrected chi connectivity index (χ2v) is 8.46. The number of nitrogens with zero attached hydrogens (tertiary/aromatic N) is 3. The maximum absolute atomic E-state index is 14.0. The molecule has 0 spiro atoms. The number of hydrogen-bond acceptors (Lipinski definition) is 4. The average Bonchev–Trinajstić information content (AvgIpc) is 2.73. The van der Waals surface area contributed by atoms with E-state index in [4.69, 9.17) is 5.73 Å². The number of primary amides is 1. The summed E-state index contributed by atoms with van der Waals surface area (Å²) in [6, 6.07) is 8.36. The molecule has 0 aliphatic carbocycles. The van der Waals surface area contributed by atoms with Crippen LogP contribution in [0.5, 0.6) is 0 Å². The molecule has 1 aromatic carbocycles. The van der Waals surface area contributed by atoms with Gasteiger partial charge in [-0.1, -0.05) is 26.0 Å². The fraction of sp³-hybridized carbons (Fsp3) is 0.190. The van der Waals surface area contributed by atoms with Gasteiger partial charge in [-0.25, -0.2) is 9.99 Å². The number of hydrazone groups is 1. The Balaban J connectivity index is 0.00000133. The fourth-order valence-electron chi connectivity index (χ4n) is 2.52. The molecule has 0 bridgehead atoms. The van der Waals surface area contributed by atoms with E-state index in [1.807, 2.05) is 0 Å². The minimum atomic E-state index is -5.23. The first kappa shape index (κ1) is 29.4. The summed E-state index contributed by atoms with van der Waals surface area (Å²) in [4.78, 5) is 15.3. The Hall–Kier alpha value is -2.65. The van der Waals surface area contributed by atoms with E-state index in [2.05, 4.69) is 22.7 Å². The molecule has 13 heteroatoms. The second kappa shape index (κ2) is 13.3. The average molecular weight is 714 g/mol. The minimum absolute atomic E-state index is 0.148. The third-order valence-corrected chi connectivity index (χ3v) is 3.94. The van der Waals surface area contributed by atoms with Crippen molar-refractivity contribution in [1.29, 1.82) is 0 Å². The van der Waals surface area contributed by atoms with E-state index in [0.717, 1.165) is 23.3 Å². The fourth-order valence-corrected chi connectivity index (χ4v) is 2.52. The molecule has 1 aromatic heterocycles. The standard InChI is InChI=1S/C21H19F4N4O.3FH.U/c1-4-29(12-17(20(26)30)16-9-6-10-27-19(16)22)28-18(13(2)3)14-7-5-8-15(11-14)21(23,24)25;;;;/h4,6-13H,1H2,2-3H3,(H2,26,30);3*1H;/q-1;;;;+3/p-3/b17-12-,28-18+;;;;. The van der Waals surface area contributed by atoms with Crippen LogP contribution in [-0.2, 0) is 11.0 Å². The first-order chi connectivity index (χ1) is 15.8. The van der Waals surface area contributed by atoms with Gasteiger partial charge >= 0.3 is 40.6 Å². The number of aromatic nitrogens is 1. The van der Waals surface area contributed by atoms with Gasteiger partial charge in [0.05, 0.1) is 5.57 Å². The molecule has 2 rings (SSSR count). The van der Waals surface area contributed by atoms with Gasteiger partial charge in [0.1, 0.15) is 0 Å². The summed E-state index contributed by atoms with van der Waals surface area (Å²) in [5.74, 6) is -2.15. The Labute approximate surface area is 204 Å². The van der Waals surface area contributed by atoms with Gasteiger partial charge in [0.25, 0.3) is 5.91 Å². The van der Waals surface area contributed by atoms with Crippen molar-refractivity contribution < 1.29 is 56.7 Å². The Kier molecular flexibility index (Phi) is 11.5. The zero-order chi connectivity index (χ0) is 26.1. The summed E-state index contributed by atoms with van der Waals surface area (Å²) < 4.78 is 82.9. The van der Waals surface area contributed by atoms with Crippen LogP contribution in [0.1, 0.15) is 30.5 Å². The van der Waals surface area contributed by atoms with E-state index in [0.29, 0.717) is 0 Å². The number of pyridine rings is 1. The SMILES string of the molecule is C=CN(/C=C(\C(N)=O)c1cccnc1F)/N=C(/c1c[c-]cc(C(F)(F)F)c1)C(C)C.[F][U]([F])[F]. The molecule has 0 saturated carbocycles. The van der Waals surface area contributed by atoms with E-state index in [1.54, 1.807) is 13.8 Å². The van der Waals surface area contributed by atoms with E-state index in [1.165, 1.54) is 30.6 Å². The summed E-state index contributed by atoms with van der Waals surface area (Å²) in [5.41, 5.74) is 4.57. The van der Waals surface area contributed by atoms with Gasteiger partial charge in [-0.15, -0.1) is 5.56 Å². The van der Waals surface area contributed by atoms with Crippen LogP contribution in [0, 0.1) is 46.0 Å². The van der Waals surface area contributed by atoms with Crippen LogP contribution < -0.4 is 5.73 Å². The molecule has 0 aliphatic rings. The van der Waals surface area contributed by atoms with Crippen LogP contribution in [0.4, 0.5) is 23.9 Å². The molecule has 0 fully saturated rings. The topological polar surface area (TPSA) is 71.6 Å². The van der Waals surface area contributed by atoms with Crippen molar-refractivity contribution >= 4 is 17.2 Å². The zero-order valence-electron chi connectivity index (χ0n) is 17.9. The molecule has 2 N–H and O–H groups in total. The van der Waals surface area contributed by atoms with Crippen LogP contribution in [0.25, 0.3) is 5.57 Å². The van der Waals surface area contributed by atoms with Crippen LogP contribution in [0.3, 0.4) is 0 Å². The summed E-state index contributed by atoms with van der Waals surface area (Å²) in [6.07, 6.45) is -0.989. The van der Waals surface area contributed by atoms with Crippen LogP contribution in [0.15, 0.2) is 60.6 Å². The van der Waals surface area contributed by atoms with Crippen molar-refractivity contribution in [2.24, 2.45) is 16.8 Å².